The van der Waals surface area contributed by atoms with Gasteiger partial charge < -0.3 is 9.47 Å². The van der Waals surface area contributed by atoms with Crippen molar-refractivity contribution in [3.63, 3.8) is 0 Å². The van der Waals surface area contributed by atoms with Gasteiger partial charge in [0, 0.05) is 0 Å². The van der Waals surface area contributed by atoms with Gasteiger partial charge in [-0.05, 0) is 25.0 Å². The number of methoxy groups -OCH3 is 1. The molecule has 0 aliphatic rings. The van der Waals surface area contributed by atoms with Crippen LogP contribution in [-0.4, -0.2) is 13.1 Å². The Kier molecular flexibility index (Phi) is 6.26. The van der Waals surface area contributed by atoms with Crippen molar-refractivity contribution in [2.75, 3.05) is 7.11 Å². The molecule has 1 rings (SSSR count). The molecule has 3 heteroatoms. The number of unbranched alkanes of at least 4 members (excludes halogenated alkanes) is 1. The highest BCUT2D eigenvalue weighted by atomic mass is 16.6. The molecule has 0 fully saturated rings. The van der Waals surface area contributed by atoms with Crippen molar-refractivity contribution in [1.29, 1.82) is 0 Å². The molecular formula is C15H22O3. The summed E-state index contributed by atoms with van der Waals surface area (Å²) in [5.74, 6) is 0.918. The Balaban J connectivity index is 2.67. The summed E-state index contributed by atoms with van der Waals surface area (Å²) >= 11 is 0. The Labute approximate surface area is 109 Å². The fraction of sp³-hybridized carbons (Fsp3) is 0.533. The van der Waals surface area contributed by atoms with E-state index in [0.29, 0.717) is 11.5 Å². The van der Waals surface area contributed by atoms with Gasteiger partial charge in [-0.15, -0.1) is 0 Å². The fourth-order valence-electron chi connectivity index (χ4n) is 1.83. The molecule has 0 unspecified atom stereocenters. The van der Waals surface area contributed by atoms with Crippen molar-refractivity contribution in [2.45, 2.75) is 39.5 Å². The summed E-state index contributed by atoms with van der Waals surface area (Å²) in [6.45, 7) is 4.14. The van der Waals surface area contributed by atoms with E-state index in [1.54, 1.807) is 19.2 Å². The van der Waals surface area contributed by atoms with E-state index in [2.05, 4.69) is 6.92 Å². The van der Waals surface area contributed by atoms with E-state index in [4.69, 9.17) is 9.47 Å². The first-order chi connectivity index (χ1) is 8.72. The average Bonchev–Trinajstić information content (AvgIpc) is 2.40. The predicted molar refractivity (Wildman–Crippen MR) is 71.9 cm³/mol. The summed E-state index contributed by atoms with van der Waals surface area (Å²) in [5.41, 5.74) is 0. The van der Waals surface area contributed by atoms with Crippen LogP contribution in [0, 0.1) is 5.92 Å². The molecule has 18 heavy (non-hydrogen) atoms. The van der Waals surface area contributed by atoms with Crippen LogP contribution < -0.4 is 9.47 Å². The number of hydrogen-bond donors (Lipinski definition) is 0. The summed E-state index contributed by atoms with van der Waals surface area (Å²) in [5, 5.41) is 0. The highest BCUT2D eigenvalue weighted by Crippen LogP contribution is 2.27. The van der Waals surface area contributed by atoms with Gasteiger partial charge in [0.2, 0.25) is 0 Å². The maximum Gasteiger partial charge on any atom is 0.314 e. The van der Waals surface area contributed by atoms with Gasteiger partial charge in [0.05, 0.1) is 13.0 Å². The fourth-order valence-corrected chi connectivity index (χ4v) is 1.83. The van der Waals surface area contributed by atoms with Gasteiger partial charge in [-0.25, -0.2) is 0 Å². The van der Waals surface area contributed by atoms with Crippen LogP contribution in [0.1, 0.15) is 39.5 Å². The van der Waals surface area contributed by atoms with E-state index in [0.717, 1.165) is 25.7 Å². The van der Waals surface area contributed by atoms with Crippen molar-refractivity contribution < 1.29 is 14.3 Å². The van der Waals surface area contributed by atoms with Crippen molar-refractivity contribution >= 4 is 5.97 Å². The van der Waals surface area contributed by atoms with Crippen LogP contribution in [0.25, 0.3) is 0 Å². The lowest BCUT2D eigenvalue weighted by Crippen LogP contribution is -2.20. The molecule has 0 heterocycles. The zero-order chi connectivity index (χ0) is 13.4. The highest BCUT2D eigenvalue weighted by molar-refractivity contribution is 5.75. The number of carbonyl (C=O) groups is 1. The lowest BCUT2D eigenvalue weighted by atomic mass is 10.00. The van der Waals surface area contributed by atoms with E-state index in [1.807, 2.05) is 19.1 Å². The molecule has 0 bridgehead atoms. The minimum atomic E-state index is -0.157. The third-order valence-corrected chi connectivity index (χ3v) is 3.01. The molecule has 100 valence electrons. The highest BCUT2D eigenvalue weighted by Gasteiger charge is 2.19. The standard InChI is InChI=1S/C15H22O3/c1-4-6-9-12(5-2)15(16)18-14-11-8-7-10-13(14)17-3/h7-8,10-12H,4-6,9H2,1-3H3/t12-/m1/s1. The van der Waals surface area contributed by atoms with E-state index < -0.39 is 0 Å². The third kappa shape index (κ3) is 4.06. The van der Waals surface area contributed by atoms with Crippen molar-refractivity contribution in [3.05, 3.63) is 24.3 Å². The molecule has 0 aliphatic heterocycles. The Bertz CT molecular complexity index is 374. The molecule has 0 radical (unpaired) electrons. The monoisotopic (exact) mass is 250 g/mol. The van der Waals surface area contributed by atoms with Crippen molar-refractivity contribution in [2.24, 2.45) is 5.92 Å². The number of carbonyl (C=O) groups excluding carboxylic acids is 1. The summed E-state index contributed by atoms with van der Waals surface area (Å²) in [6, 6.07) is 7.22. The zero-order valence-corrected chi connectivity index (χ0v) is 11.4. The zero-order valence-electron chi connectivity index (χ0n) is 11.4. The molecule has 3 nitrogen and oxygen atoms in total. The van der Waals surface area contributed by atoms with Crippen molar-refractivity contribution in [3.8, 4) is 11.5 Å². The second-order valence-corrected chi connectivity index (χ2v) is 4.32. The number of para-hydroxylation sites is 2. The van der Waals surface area contributed by atoms with Gasteiger partial charge in [0.1, 0.15) is 0 Å². The molecule has 0 aliphatic carbocycles. The van der Waals surface area contributed by atoms with Crippen LogP contribution >= 0.6 is 0 Å². The van der Waals surface area contributed by atoms with Crippen LogP contribution in [0.2, 0.25) is 0 Å². The summed E-state index contributed by atoms with van der Waals surface area (Å²) in [7, 11) is 1.57. The van der Waals surface area contributed by atoms with Gasteiger partial charge in [0.15, 0.2) is 11.5 Å². The minimum Gasteiger partial charge on any atom is -0.493 e. The molecule has 0 spiro atoms. The second-order valence-electron chi connectivity index (χ2n) is 4.32. The van der Waals surface area contributed by atoms with E-state index in [1.165, 1.54) is 0 Å². The number of esters is 1. The lowest BCUT2D eigenvalue weighted by molar-refractivity contribution is -0.139. The largest absolute Gasteiger partial charge is 0.493 e. The maximum atomic E-state index is 12.0. The molecule has 0 saturated heterocycles. The Morgan fingerprint density at radius 3 is 2.44 bits per heavy atom. The van der Waals surface area contributed by atoms with E-state index >= 15 is 0 Å². The predicted octanol–water partition coefficient (Wildman–Crippen LogP) is 3.82. The third-order valence-electron chi connectivity index (χ3n) is 3.01. The molecule has 0 amide bonds. The van der Waals surface area contributed by atoms with Gasteiger partial charge in [-0.3, -0.25) is 4.79 Å². The van der Waals surface area contributed by atoms with Crippen LogP contribution in [0.5, 0.6) is 11.5 Å². The first-order valence-electron chi connectivity index (χ1n) is 6.57. The topological polar surface area (TPSA) is 35.5 Å². The summed E-state index contributed by atoms with van der Waals surface area (Å²) in [4.78, 5) is 12.0. The SMILES string of the molecule is CCCC[C@@H](CC)C(=O)Oc1ccccc1OC. The molecule has 0 saturated carbocycles. The average molecular weight is 250 g/mol. The number of hydrogen-bond acceptors (Lipinski definition) is 3. The minimum absolute atomic E-state index is 0.0186. The first-order valence-corrected chi connectivity index (χ1v) is 6.57. The number of ether oxygens (including phenoxy) is 2. The Morgan fingerprint density at radius 2 is 1.89 bits per heavy atom. The Morgan fingerprint density at radius 1 is 1.22 bits per heavy atom. The van der Waals surface area contributed by atoms with Gasteiger partial charge in [0.25, 0.3) is 0 Å². The van der Waals surface area contributed by atoms with E-state index in [-0.39, 0.29) is 11.9 Å². The Hall–Kier alpha value is -1.51. The van der Waals surface area contributed by atoms with Crippen LogP contribution in [-0.2, 0) is 4.79 Å². The first kappa shape index (κ1) is 14.6. The molecule has 1 atom stereocenters. The van der Waals surface area contributed by atoms with Crippen LogP contribution in [0.15, 0.2) is 24.3 Å². The quantitative estimate of drug-likeness (QED) is 0.545. The van der Waals surface area contributed by atoms with Gasteiger partial charge in [-0.1, -0.05) is 38.8 Å². The van der Waals surface area contributed by atoms with Crippen LogP contribution in [0.3, 0.4) is 0 Å². The summed E-state index contributed by atoms with van der Waals surface area (Å²) < 4.78 is 10.6. The van der Waals surface area contributed by atoms with E-state index in [9.17, 15) is 4.79 Å². The maximum absolute atomic E-state index is 12.0. The molecule has 0 N–H and O–H groups in total. The number of rotatable bonds is 7. The number of benzene rings is 1. The molecule has 1 aromatic rings. The second kappa shape index (κ2) is 7.75. The molecule has 1 aromatic carbocycles. The summed E-state index contributed by atoms with van der Waals surface area (Å²) in [6.07, 6.45) is 3.85. The molecular weight excluding hydrogens is 228 g/mol. The lowest BCUT2D eigenvalue weighted by Gasteiger charge is -2.14. The van der Waals surface area contributed by atoms with Crippen molar-refractivity contribution in [1.82, 2.24) is 0 Å². The van der Waals surface area contributed by atoms with Gasteiger partial charge in [-0.2, -0.15) is 0 Å². The smallest absolute Gasteiger partial charge is 0.314 e. The van der Waals surface area contributed by atoms with Gasteiger partial charge >= 0.3 is 5.97 Å². The van der Waals surface area contributed by atoms with Crippen LogP contribution in [0.4, 0.5) is 0 Å². The molecule has 0 aromatic heterocycles. The normalized spacial score (nSPS) is 11.9.